The van der Waals surface area contributed by atoms with Crippen LogP contribution in [0.5, 0.6) is 5.75 Å². The second-order valence-corrected chi connectivity index (χ2v) is 25.5. The second-order valence-electron chi connectivity index (χ2n) is 16.0. The molecular weight excluding hydrogens is 485 g/mol. The van der Waals surface area contributed by atoms with Gasteiger partial charge in [0.15, 0.2) is 8.32 Å². The fourth-order valence-electron chi connectivity index (χ4n) is 7.40. The van der Waals surface area contributed by atoms with Gasteiger partial charge in [0.05, 0.1) is 6.10 Å². The molecule has 2 nitrogen and oxygen atoms in total. The molecule has 3 aliphatic carbocycles. The van der Waals surface area contributed by atoms with Crippen molar-refractivity contribution < 1.29 is 8.85 Å². The van der Waals surface area contributed by atoms with Crippen molar-refractivity contribution in [1.29, 1.82) is 0 Å². The van der Waals surface area contributed by atoms with E-state index in [2.05, 4.69) is 106 Å². The summed E-state index contributed by atoms with van der Waals surface area (Å²) in [7, 11) is -3.65. The normalized spacial score (nSPS) is 32.4. The number of hydrogen-bond acceptors (Lipinski definition) is 2. The molecule has 0 radical (unpaired) electrons. The molecule has 0 aromatic heterocycles. The van der Waals surface area contributed by atoms with E-state index in [0.29, 0.717) is 23.4 Å². The minimum absolute atomic E-state index is 0.207. The van der Waals surface area contributed by atoms with Crippen LogP contribution in [-0.4, -0.2) is 22.7 Å². The average molecular weight is 541 g/mol. The van der Waals surface area contributed by atoms with Crippen molar-refractivity contribution in [3.63, 3.8) is 0 Å². The lowest BCUT2D eigenvalue weighted by Crippen LogP contribution is -2.51. The summed E-state index contributed by atoms with van der Waals surface area (Å²) in [5.41, 5.74) is 3.46. The Hall–Kier alpha value is -0.846. The predicted octanol–water partition coefficient (Wildman–Crippen LogP) is 10.1. The molecule has 4 rings (SSSR count). The van der Waals surface area contributed by atoms with E-state index in [1.54, 1.807) is 11.1 Å². The predicted molar refractivity (Wildman–Crippen MR) is 165 cm³/mol. The molecule has 0 saturated heterocycles. The number of rotatable bonds is 6. The molecule has 0 amide bonds. The van der Waals surface area contributed by atoms with E-state index < -0.39 is 16.6 Å². The molecule has 208 valence electrons. The first kappa shape index (κ1) is 29.1. The Bertz CT molecular complexity index is 999. The van der Waals surface area contributed by atoms with Crippen LogP contribution in [0, 0.1) is 23.2 Å². The largest absolute Gasteiger partial charge is 0.543 e. The van der Waals surface area contributed by atoms with Gasteiger partial charge in [-0.05, 0) is 127 Å². The summed E-state index contributed by atoms with van der Waals surface area (Å²) < 4.78 is 13.9. The van der Waals surface area contributed by atoms with Crippen LogP contribution in [0.1, 0.15) is 97.6 Å². The van der Waals surface area contributed by atoms with Gasteiger partial charge in [-0.1, -0.05) is 60.6 Å². The van der Waals surface area contributed by atoms with Gasteiger partial charge in [0, 0.05) is 0 Å². The standard InChI is InChI=1S/C33H56O2Si2/c1-13-14-23-21-24-22-25(34-36(9,10)31(2,3)4)15-16-26(24)27-19-20-33(8)28(30(23)27)17-18-29(33)35-37(11,12)32(5,6)7/h13,15-16,22-23,27-30H,1,14,17-21H2,2-12H3/t23-,27-,28+,29+,30-,33+/m1/s1. The third-order valence-electron chi connectivity index (χ3n) is 11.7. The number of allylic oxidation sites excluding steroid dienone is 1. The molecule has 0 heterocycles. The zero-order valence-electron chi connectivity index (χ0n) is 26.0. The lowest BCUT2D eigenvalue weighted by molar-refractivity contribution is -0.0325. The minimum atomic E-state index is -1.85. The van der Waals surface area contributed by atoms with Gasteiger partial charge in [0.25, 0.3) is 0 Å². The van der Waals surface area contributed by atoms with Gasteiger partial charge in [-0.15, -0.1) is 6.58 Å². The zero-order chi connectivity index (χ0) is 27.6. The van der Waals surface area contributed by atoms with Crippen molar-refractivity contribution >= 4 is 16.6 Å². The number of hydrogen-bond donors (Lipinski definition) is 0. The summed E-state index contributed by atoms with van der Waals surface area (Å²) in [5, 5.41) is 0.469. The summed E-state index contributed by atoms with van der Waals surface area (Å²) in [6.07, 6.45) is 10.0. The highest BCUT2D eigenvalue weighted by atomic mass is 28.4. The number of fused-ring (bicyclic) bond motifs is 5. The van der Waals surface area contributed by atoms with Gasteiger partial charge in [-0.3, -0.25) is 0 Å². The first-order valence-electron chi connectivity index (χ1n) is 15.0. The quantitative estimate of drug-likeness (QED) is 0.264. The fraction of sp³-hybridized carbons (Fsp3) is 0.758. The van der Waals surface area contributed by atoms with E-state index in [0.717, 1.165) is 30.4 Å². The maximum atomic E-state index is 7.18. The summed E-state index contributed by atoms with van der Waals surface area (Å²) in [4.78, 5) is 0. The highest BCUT2D eigenvalue weighted by molar-refractivity contribution is 6.75. The van der Waals surface area contributed by atoms with E-state index in [1.165, 1.54) is 25.7 Å². The molecule has 1 aromatic rings. The first-order chi connectivity index (χ1) is 16.9. The summed E-state index contributed by atoms with van der Waals surface area (Å²) in [5.74, 6) is 3.92. The van der Waals surface area contributed by atoms with Gasteiger partial charge >= 0.3 is 0 Å². The Labute approximate surface area is 231 Å². The van der Waals surface area contributed by atoms with E-state index in [-0.39, 0.29) is 10.1 Å². The summed E-state index contributed by atoms with van der Waals surface area (Å²) in [6, 6.07) is 7.14. The minimum Gasteiger partial charge on any atom is -0.543 e. The highest BCUT2D eigenvalue weighted by Crippen LogP contribution is 2.64. The van der Waals surface area contributed by atoms with Crippen LogP contribution < -0.4 is 4.43 Å². The molecule has 0 unspecified atom stereocenters. The van der Waals surface area contributed by atoms with Gasteiger partial charge in [0.2, 0.25) is 8.32 Å². The van der Waals surface area contributed by atoms with Crippen LogP contribution in [0.3, 0.4) is 0 Å². The molecule has 2 saturated carbocycles. The van der Waals surface area contributed by atoms with Crippen LogP contribution in [0.25, 0.3) is 0 Å². The van der Waals surface area contributed by atoms with E-state index in [4.69, 9.17) is 8.85 Å². The second kappa shape index (κ2) is 9.66. The average Bonchev–Trinajstić information content (AvgIpc) is 3.07. The van der Waals surface area contributed by atoms with Crippen molar-refractivity contribution in [1.82, 2.24) is 0 Å². The molecule has 0 aliphatic heterocycles. The van der Waals surface area contributed by atoms with Crippen LogP contribution in [0.4, 0.5) is 0 Å². The van der Waals surface area contributed by atoms with Crippen molar-refractivity contribution in [2.24, 2.45) is 23.2 Å². The Kier molecular flexibility index (Phi) is 7.61. The zero-order valence-corrected chi connectivity index (χ0v) is 28.0. The van der Waals surface area contributed by atoms with E-state index in [1.807, 2.05) is 0 Å². The Balaban J connectivity index is 1.63. The lowest BCUT2D eigenvalue weighted by atomic mass is 9.52. The molecule has 1 aromatic carbocycles. The van der Waals surface area contributed by atoms with Crippen LogP contribution in [-0.2, 0) is 10.8 Å². The van der Waals surface area contributed by atoms with E-state index >= 15 is 0 Å². The Morgan fingerprint density at radius 1 is 0.973 bits per heavy atom. The van der Waals surface area contributed by atoms with Gasteiger partial charge in [-0.25, -0.2) is 0 Å². The van der Waals surface area contributed by atoms with Gasteiger partial charge in [-0.2, -0.15) is 0 Å². The number of benzene rings is 1. The highest BCUT2D eigenvalue weighted by Gasteiger charge is 2.58. The summed E-state index contributed by atoms with van der Waals surface area (Å²) >= 11 is 0. The Morgan fingerprint density at radius 2 is 1.62 bits per heavy atom. The van der Waals surface area contributed by atoms with Gasteiger partial charge in [0.1, 0.15) is 5.75 Å². The van der Waals surface area contributed by atoms with Crippen LogP contribution in [0.2, 0.25) is 36.3 Å². The third-order valence-corrected chi connectivity index (χ3v) is 20.5. The monoisotopic (exact) mass is 540 g/mol. The van der Waals surface area contributed by atoms with E-state index in [9.17, 15) is 0 Å². The Morgan fingerprint density at radius 3 is 2.22 bits per heavy atom. The molecule has 2 fully saturated rings. The topological polar surface area (TPSA) is 18.5 Å². The molecule has 4 heteroatoms. The maximum Gasteiger partial charge on any atom is 0.250 e. The fourth-order valence-corrected chi connectivity index (χ4v) is 9.87. The molecular formula is C33H56O2Si2. The molecule has 3 aliphatic rings. The van der Waals surface area contributed by atoms with Crippen molar-refractivity contribution in [3.8, 4) is 5.75 Å². The smallest absolute Gasteiger partial charge is 0.250 e. The molecule has 0 bridgehead atoms. The molecule has 0 N–H and O–H groups in total. The van der Waals surface area contributed by atoms with Crippen molar-refractivity contribution in [2.75, 3.05) is 0 Å². The molecule has 37 heavy (non-hydrogen) atoms. The van der Waals surface area contributed by atoms with Crippen molar-refractivity contribution in [2.45, 2.75) is 135 Å². The third kappa shape index (κ3) is 5.21. The SMILES string of the molecule is C=CC[C@@H]1Cc2cc(O[Si](C)(C)C(C)(C)C)ccc2[C@H]2CC[C@]3(C)[C@@H](O[Si](C)(C)C(C)(C)C)CC[C@H]3[C@H]12. The van der Waals surface area contributed by atoms with Crippen molar-refractivity contribution in [3.05, 3.63) is 42.0 Å². The molecule has 6 atom stereocenters. The lowest BCUT2D eigenvalue weighted by Gasteiger charge is -2.54. The first-order valence-corrected chi connectivity index (χ1v) is 20.8. The maximum absolute atomic E-state index is 7.18. The van der Waals surface area contributed by atoms with Crippen LogP contribution >= 0.6 is 0 Å². The van der Waals surface area contributed by atoms with Crippen LogP contribution in [0.15, 0.2) is 30.9 Å². The summed E-state index contributed by atoms with van der Waals surface area (Å²) in [6.45, 7) is 30.5. The van der Waals surface area contributed by atoms with Gasteiger partial charge < -0.3 is 8.85 Å². The molecule has 0 spiro atoms.